The fourth-order valence-electron chi connectivity index (χ4n) is 2.06. The van der Waals surface area contributed by atoms with Gasteiger partial charge in [-0.05, 0) is 23.7 Å². The molecule has 3 rings (SSSR count). The highest BCUT2D eigenvalue weighted by Crippen LogP contribution is 2.29. The minimum Gasteiger partial charge on any atom is -0.354 e. The van der Waals surface area contributed by atoms with Crippen molar-refractivity contribution in [1.82, 2.24) is 20.0 Å². The van der Waals surface area contributed by atoms with Gasteiger partial charge in [0.2, 0.25) is 0 Å². The maximum Gasteiger partial charge on any atom is 0.269 e. The maximum atomic E-state index is 11.9. The van der Waals surface area contributed by atoms with Gasteiger partial charge in [-0.25, -0.2) is 15.1 Å². The van der Waals surface area contributed by atoms with Crippen LogP contribution in [-0.2, 0) is 6.54 Å². The summed E-state index contributed by atoms with van der Waals surface area (Å²) in [5.41, 5.74) is 0.795. The van der Waals surface area contributed by atoms with Gasteiger partial charge in [0.15, 0.2) is 14.7 Å². The van der Waals surface area contributed by atoms with Gasteiger partial charge in [-0.1, -0.05) is 46.9 Å². The van der Waals surface area contributed by atoms with Crippen LogP contribution in [0.4, 0.5) is 5.69 Å². The molecule has 16 heteroatoms. The summed E-state index contributed by atoms with van der Waals surface area (Å²) >= 11 is 19.3. The van der Waals surface area contributed by atoms with Crippen molar-refractivity contribution < 1.29 is 9.83 Å². The molecule has 0 spiro atoms. The summed E-state index contributed by atoms with van der Waals surface area (Å²) in [6, 6.07) is 8.66. The van der Waals surface area contributed by atoms with Crippen molar-refractivity contribution in [2.24, 2.45) is 5.10 Å². The largest absolute Gasteiger partial charge is 0.354 e. The molecule has 1 aromatic carbocycles. The van der Waals surface area contributed by atoms with E-state index in [1.807, 2.05) is 6.07 Å². The normalized spacial score (nSPS) is 10.5. The number of nitriles is 1. The topological polar surface area (TPSA) is 158 Å². The van der Waals surface area contributed by atoms with Crippen LogP contribution in [-0.4, -0.2) is 33.3 Å². The van der Waals surface area contributed by atoms with Gasteiger partial charge in [-0.3, -0.25) is 4.79 Å². The number of thiazole rings is 1. The summed E-state index contributed by atoms with van der Waals surface area (Å²) in [6.07, 6.45) is 1.60. The molecule has 0 unspecified atom stereocenters. The monoisotopic (exact) mass is 546 g/mol. The Morgan fingerprint density at radius 1 is 1.33 bits per heavy atom. The molecular weight excluding hydrogens is 535 g/mol. The summed E-state index contributed by atoms with van der Waals surface area (Å²) in [4.78, 5) is 26.9. The first kappa shape index (κ1) is 26.2. The molecule has 0 atom stereocenters. The van der Waals surface area contributed by atoms with E-state index in [0.29, 0.717) is 22.3 Å². The molecule has 0 aliphatic rings. The highest BCUT2D eigenvalue weighted by atomic mass is 35.5. The van der Waals surface area contributed by atoms with E-state index in [1.54, 1.807) is 30.5 Å². The zero-order valence-corrected chi connectivity index (χ0v) is 20.4. The van der Waals surface area contributed by atoms with Gasteiger partial charge >= 0.3 is 0 Å². The number of hydrogen-bond donors (Lipinski definition) is 3. The fraction of sp³-hybridized carbons (Fsp3) is 0.118. The van der Waals surface area contributed by atoms with Gasteiger partial charge in [0.1, 0.15) is 21.1 Å². The summed E-state index contributed by atoms with van der Waals surface area (Å²) < 4.78 is 4.21. The molecule has 1 amide bonds. The summed E-state index contributed by atoms with van der Waals surface area (Å²) in [7, 11) is 1.54. The van der Waals surface area contributed by atoms with Crippen molar-refractivity contribution in [3.63, 3.8) is 0 Å². The van der Waals surface area contributed by atoms with Crippen LogP contribution in [0.1, 0.15) is 20.1 Å². The summed E-state index contributed by atoms with van der Waals surface area (Å²) in [5, 5.41) is 29.4. The number of guanidine groups is 1. The van der Waals surface area contributed by atoms with Crippen molar-refractivity contribution in [2.75, 3.05) is 12.4 Å². The van der Waals surface area contributed by atoms with Crippen LogP contribution in [0.25, 0.3) is 0 Å². The Labute approximate surface area is 210 Å². The average molecular weight is 548 g/mol. The summed E-state index contributed by atoms with van der Waals surface area (Å²) in [6.45, 7) is 0.387. The van der Waals surface area contributed by atoms with E-state index < -0.39 is 10.9 Å². The van der Waals surface area contributed by atoms with E-state index in [4.69, 9.17) is 40.1 Å². The smallest absolute Gasteiger partial charge is 0.269 e. The number of hydrazone groups is 1. The van der Waals surface area contributed by atoms with Gasteiger partial charge in [0.25, 0.3) is 11.9 Å². The molecule has 0 aliphatic carbocycles. The molecule has 2 heterocycles. The predicted octanol–water partition coefficient (Wildman–Crippen LogP) is 4.23. The van der Waals surface area contributed by atoms with Gasteiger partial charge in [-0.15, -0.1) is 11.3 Å². The lowest BCUT2D eigenvalue weighted by Crippen LogP contribution is -2.34. The van der Waals surface area contributed by atoms with Crippen LogP contribution in [0.2, 0.25) is 14.6 Å². The van der Waals surface area contributed by atoms with Gasteiger partial charge < -0.3 is 16.0 Å². The first-order valence-corrected chi connectivity index (χ1v) is 11.3. The van der Waals surface area contributed by atoms with Gasteiger partial charge in [0.05, 0.1) is 17.8 Å². The minimum absolute atomic E-state index is 0.0875. The number of nitro groups is 1. The Kier molecular flexibility index (Phi) is 10.2. The molecular formula is C17H13Cl3N8O3S2. The highest BCUT2D eigenvalue weighted by Gasteiger charge is 2.18. The van der Waals surface area contributed by atoms with E-state index >= 15 is 0 Å². The molecule has 0 aliphatic heterocycles. The van der Waals surface area contributed by atoms with Crippen molar-refractivity contribution in [1.29, 1.82) is 5.26 Å². The number of nitrogens with zero attached hydrogens (tertiary/aromatic N) is 5. The second kappa shape index (κ2) is 12.9. The van der Waals surface area contributed by atoms with Crippen LogP contribution in [0.5, 0.6) is 0 Å². The van der Waals surface area contributed by atoms with E-state index in [9.17, 15) is 14.9 Å². The lowest BCUT2D eigenvalue weighted by molar-refractivity contribution is -0.485. The lowest BCUT2D eigenvalue weighted by Gasteiger charge is -2.04. The third-order valence-electron chi connectivity index (χ3n) is 3.47. The van der Waals surface area contributed by atoms with Crippen LogP contribution in [0.15, 0.2) is 35.6 Å². The minimum atomic E-state index is -0.779. The number of para-hydroxylation sites is 1. The Balaban J connectivity index is 0.000000238. The van der Waals surface area contributed by atoms with Crippen molar-refractivity contribution in [3.8, 4) is 6.07 Å². The highest BCUT2D eigenvalue weighted by molar-refractivity contribution is 7.15. The van der Waals surface area contributed by atoms with Crippen molar-refractivity contribution >= 4 is 75.2 Å². The SMILES string of the molecule is CN/C(=N\[N+](=O)[O-])NCc1cnc(Cl)s1.N#Cc1ccccc1NC(=O)c1snc(Cl)c1Cl. The molecule has 11 nitrogen and oxygen atoms in total. The van der Waals surface area contributed by atoms with Crippen molar-refractivity contribution in [2.45, 2.75) is 6.54 Å². The van der Waals surface area contributed by atoms with Gasteiger partial charge in [-0.2, -0.15) is 9.64 Å². The quantitative estimate of drug-likeness (QED) is 0.185. The molecule has 3 N–H and O–H groups in total. The van der Waals surface area contributed by atoms with Crippen LogP contribution in [0.3, 0.4) is 0 Å². The first-order chi connectivity index (χ1) is 15.7. The number of amides is 1. The Bertz CT molecular complexity index is 1210. The average Bonchev–Trinajstić information content (AvgIpc) is 3.36. The zero-order chi connectivity index (χ0) is 24.4. The Morgan fingerprint density at radius 2 is 2.06 bits per heavy atom. The lowest BCUT2D eigenvalue weighted by atomic mass is 10.2. The predicted molar refractivity (Wildman–Crippen MR) is 129 cm³/mol. The first-order valence-electron chi connectivity index (χ1n) is 8.61. The van der Waals surface area contributed by atoms with E-state index in [-0.39, 0.29) is 21.0 Å². The van der Waals surface area contributed by atoms with Crippen LogP contribution in [0, 0.1) is 21.4 Å². The third kappa shape index (κ3) is 8.12. The molecule has 2 aromatic heterocycles. The van der Waals surface area contributed by atoms with E-state index in [1.165, 1.54) is 18.4 Å². The molecule has 0 radical (unpaired) electrons. The molecule has 0 saturated heterocycles. The molecule has 0 fully saturated rings. The number of carbonyl (C=O) groups is 1. The number of nitrogens with one attached hydrogen (secondary N) is 3. The number of aromatic nitrogens is 2. The maximum absolute atomic E-state index is 11.9. The molecule has 0 saturated carbocycles. The van der Waals surface area contributed by atoms with E-state index in [2.05, 4.69) is 30.4 Å². The number of carbonyl (C=O) groups excluding carboxylic acids is 1. The van der Waals surface area contributed by atoms with Crippen molar-refractivity contribution in [3.05, 3.63) is 70.5 Å². The Hall–Kier alpha value is -3.02. The standard InChI is InChI=1S/C11H5Cl2N3OS.C6H8ClN5O2S/c12-8-9(18-16-10(8)13)11(17)15-7-4-2-1-3-6(7)5-14;1-8-6(11-12(13)14)10-3-4-2-9-5(7)15-4/h1-4H,(H,15,17);2H,3H2,1H3,(H2,8,10,11). The second-order valence-corrected chi connectivity index (χ2v) is 8.80. The molecule has 3 aromatic rings. The van der Waals surface area contributed by atoms with Gasteiger partial charge in [0, 0.05) is 18.1 Å². The molecule has 33 heavy (non-hydrogen) atoms. The number of rotatable bonds is 5. The fourth-order valence-corrected chi connectivity index (χ4v) is 4.09. The third-order valence-corrected chi connectivity index (χ3v) is 6.38. The molecule has 0 bridgehead atoms. The summed E-state index contributed by atoms with van der Waals surface area (Å²) in [5.74, 6) is -0.350. The number of benzene rings is 1. The Morgan fingerprint density at radius 3 is 2.61 bits per heavy atom. The number of hydrogen-bond acceptors (Lipinski definition) is 8. The van der Waals surface area contributed by atoms with E-state index in [0.717, 1.165) is 16.4 Å². The zero-order valence-electron chi connectivity index (χ0n) is 16.5. The van der Waals surface area contributed by atoms with Crippen LogP contribution < -0.4 is 16.0 Å². The molecule has 172 valence electrons. The number of anilines is 1. The second-order valence-electron chi connectivity index (χ2n) is 5.60. The van der Waals surface area contributed by atoms with Crippen LogP contribution >= 0.6 is 57.7 Å². The number of halogens is 3.